The van der Waals surface area contributed by atoms with E-state index in [1.807, 2.05) is 0 Å². The molecule has 0 amide bonds. The zero-order valence-electron chi connectivity index (χ0n) is 28.6. The molecule has 4 saturated carbocycles. The van der Waals surface area contributed by atoms with Gasteiger partial charge in [-0.05, 0) is 149 Å². The van der Waals surface area contributed by atoms with E-state index < -0.39 is 5.60 Å². The quantitative estimate of drug-likeness (QED) is 0.125. The van der Waals surface area contributed by atoms with Crippen LogP contribution >= 0.6 is 0 Å². The Morgan fingerprint density at radius 2 is 1.64 bits per heavy atom. The van der Waals surface area contributed by atoms with Crippen LogP contribution in [0.1, 0.15) is 125 Å². The van der Waals surface area contributed by atoms with Crippen molar-refractivity contribution in [2.24, 2.45) is 45.3 Å². The number of rotatable bonds is 7. The van der Waals surface area contributed by atoms with E-state index in [0.29, 0.717) is 29.2 Å². The fourth-order valence-corrected chi connectivity index (χ4v) is 11.5. The minimum atomic E-state index is -0.625. The molecule has 4 aliphatic carbocycles. The molecule has 5 rings (SSSR count). The van der Waals surface area contributed by atoms with Gasteiger partial charge in [0.15, 0.2) is 11.5 Å². The molecule has 6 unspecified atom stereocenters. The largest absolute Gasteiger partial charge is 0.504 e. The number of hydrogen-bond donors (Lipinski definition) is 3. The van der Waals surface area contributed by atoms with Crippen molar-refractivity contribution in [2.45, 2.75) is 131 Å². The predicted octanol–water partition coefficient (Wildman–Crippen LogP) is 9.21. The van der Waals surface area contributed by atoms with Crippen LogP contribution in [0.2, 0.25) is 0 Å². The number of esters is 1. The first-order chi connectivity index (χ1) is 20.5. The predicted molar refractivity (Wildman–Crippen MR) is 177 cm³/mol. The number of benzene rings is 1. The second-order valence-corrected chi connectivity index (χ2v) is 16.9. The van der Waals surface area contributed by atoms with Gasteiger partial charge in [-0.2, -0.15) is 0 Å². The third-order valence-electron chi connectivity index (χ3n) is 14.0. The van der Waals surface area contributed by atoms with Gasteiger partial charge in [0.05, 0.1) is 5.60 Å². The Labute approximate surface area is 266 Å². The maximum atomic E-state index is 13.0. The third-order valence-corrected chi connectivity index (χ3v) is 14.0. The number of hydrogen-bond acceptors (Lipinski definition) is 5. The minimum Gasteiger partial charge on any atom is -0.504 e. The molecule has 0 aliphatic heterocycles. The smallest absolute Gasteiger partial charge is 0.331 e. The van der Waals surface area contributed by atoms with Gasteiger partial charge in [-0.15, -0.1) is 0 Å². The van der Waals surface area contributed by atoms with Crippen LogP contribution < -0.4 is 0 Å². The lowest BCUT2D eigenvalue weighted by Gasteiger charge is -2.70. The van der Waals surface area contributed by atoms with E-state index >= 15 is 0 Å². The summed E-state index contributed by atoms with van der Waals surface area (Å²) in [6, 6.07) is 4.50. The molecule has 44 heavy (non-hydrogen) atoms. The Morgan fingerprint density at radius 1 is 0.932 bits per heavy atom. The number of carbonyl (C=O) groups is 1. The monoisotopic (exact) mass is 606 g/mol. The Balaban J connectivity index is 1.31. The van der Waals surface area contributed by atoms with Gasteiger partial charge in [0.1, 0.15) is 6.10 Å². The fourth-order valence-electron chi connectivity index (χ4n) is 11.5. The lowest BCUT2D eigenvalue weighted by Crippen LogP contribution is -2.64. The summed E-state index contributed by atoms with van der Waals surface area (Å²) in [5, 5.41) is 31.1. The SMILES string of the molecule is CC(C)=CCCC(C)(O)C1CC[C@]2(C)C1CCC1[C@@]3(C)CCC(OC(=O)C=Cc4ccc(O)c(O)c4)C(C)(C)C3CC[C@]12C. The molecule has 1 aromatic rings. The molecule has 0 radical (unpaired) electrons. The van der Waals surface area contributed by atoms with Crippen molar-refractivity contribution in [1.29, 1.82) is 0 Å². The Hall–Kier alpha value is -2.27. The first-order valence-electron chi connectivity index (χ1n) is 17.2. The lowest BCUT2D eigenvalue weighted by molar-refractivity contribution is -0.229. The minimum absolute atomic E-state index is 0.140. The summed E-state index contributed by atoms with van der Waals surface area (Å²) in [4.78, 5) is 13.0. The van der Waals surface area contributed by atoms with Crippen LogP contribution in [-0.4, -0.2) is 33.0 Å². The van der Waals surface area contributed by atoms with Gasteiger partial charge in [-0.3, -0.25) is 0 Å². The number of ether oxygens (including phenoxy) is 1. The second-order valence-electron chi connectivity index (χ2n) is 16.9. The zero-order chi connectivity index (χ0) is 32.3. The Bertz CT molecular complexity index is 1300. The standard InChI is InChI=1S/C39H58O5/c1-25(2)10-9-20-39(8,43)28-17-22-37(6)27(28)13-15-32-36(5)21-19-33(35(3,4)31(36)18-23-38(32,37)7)44-34(42)16-12-26-11-14-29(40)30(41)24-26/h10-12,14,16,24,27-28,31-33,40-41,43H,9,13,15,17-23H2,1-8H3/t27?,28?,31?,32?,33?,36-,37+,38+,39?/m0/s1. The van der Waals surface area contributed by atoms with Crippen molar-refractivity contribution in [3.05, 3.63) is 41.5 Å². The molecular formula is C39H58O5. The Kier molecular flexibility index (Phi) is 8.66. The molecule has 5 heteroatoms. The summed E-state index contributed by atoms with van der Waals surface area (Å²) in [7, 11) is 0. The molecule has 4 fully saturated rings. The van der Waals surface area contributed by atoms with Gasteiger partial charge in [-0.25, -0.2) is 4.79 Å². The lowest BCUT2D eigenvalue weighted by atomic mass is 9.35. The first-order valence-corrected chi connectivity index (χ1v) is 17.2. The van der Waals surface area contributed by atoms with Crippen molar-refractivity contribution in [1.82, 2.24) is 0 Å². The normalized spacial score (nSPS) is 39.1. The molecule has 0 saturated heterocycles. The molecule has 0 aromatic heterocycles. The molecule has 4 aliphatic rings. The van der Waals surface area contributed by atoms with Gasteiger partial charge in [0, 0.05) is 11.5 Å². The summed E-state index contributed by atoms with van der Waals surface area (Å²) in [6.45, 7) is 18.8. The number of allylic oxidation sites excluding steroid dienone is 2. The maximum absolute atomic E-state index is 13.0. The van der Waals surface area contributed by atoms with Gasteiger partial charge in [0.25, 0.3) is 0 Å². The average molecular weight is 607 g/mol. The summed E-state index contributed by atoms with van der Waals surface area (Å²) >= 11 is 0. The Morgan fingerprint density at radius 3 is 2.32 bits per heavy atom. The number of aliphatic hydroxyl groups is 1. The van der Waals surface area contributed by atoms with E-state index in [1.54, 1.807) is 12.1 Å². The van der Waals surface area contributed by atoms with Crippen molar-refractivity contribution in [3.63, 3.8) is 0 Å². The van der Waals surface area contributed by atoms with Crippen molar-refractivity contribution < 1.29 is 24.9 Å². The van der Waals surface area contributed by atoms with Crippen molar-refractivity contribution >= 4 is 12.0 Å². The van der Waals surface area contributed by atoms with E-state index in [0.717, 1.165) is 38.5 Å². The van der Waals surface area contributed by atoms with Gasteiger partial charge >= 0.3 is 5.97 Å². The summed E-state index contributed by atoms with van der Waals surface area (Å²) in [5.74, 6) is 1.28. The molecule has 5 nitrogen and oxygen atoms in total. The van der Waals surface area contributed by atoms with Crippen molar-refractivity contribution in [2.75, 3.05) is 0 Å². The summed E-state index contributed by atoms with van der Waals surface area (Å²) in [6.07, 6.45) is 16.0. The summed E-state index contributed by atoms with van der Waals surface area (Å²) in [5.41, 5.74) is 1.86. The highest BCUT2D eigenvalue weighted by Gasteiger charge is 2.69. The van der Waals surface area contributed by atoms with Crippen LogP contribution in [0, 0.1) is 45.3 Å². The van der Waals surface area contributed by atoms with Crippen LogP contribution in [0.15, 0.2) is 35.9 Å². The van der Waals surface area contributed by atoms with E-state index in [1.165, 1.54) is 49.5 Å². The number of phenolic OH excluding ortho intramolecular Hbond substituents is 2. The third kappa shape index (κ3) is 5.43. The molecule has 244 valence electrons. The average Bonchev–Trinajstić information content (AvgIpc) is 3.30. The van der Waals surface area contributed by atoms with E-state index in [2.05, 4.69) is 61.5 Å². The number of carbonyl (C=O) groups excluding carboxylic acids is 1. The molecule has 3 N–H and O–H groups in total. The summed E-state index contributed by atoms with van der Waals surface area (Å²) < 4.78 is 6.16. The fraction of sp³-hybridized carbons (Fsp3) is 0.718. The second kappa shape index (κ2) is 11.5. The van der Waals surface area contributed by atoms with Crippen LogP contribution in [0.5, 0.6) is 11.5 Å². The number of phenols is 2. The van der Waals surface area contributed by atoms with E-state index in [4.69, 9.17) is 4.74 Å². The zero-order valence-corrected chi connectivity index (χ0v) is 28.6. The number of aromatic hydroxyl groups is 2. The molecular weight excluding hydrogens is 548 g/mol. The molecule has 1 aromatic carbocycles. The molecule has 0 bridgehead atoms. The number of fused-ring (bicyclic) bond motifs is 5. The van der Waals surface area contributed by atoms with E-state index in [9.17, 15) is 20.1 Å². The van der Waals surface area contributed by atoms with Gasteiger partial charge in [0.2, 0.25) is 0 Å². The molecule has 9 atom stereocenters. The van der Waals surface area contributed by atoms with E-state index in [-0.39, 0.29) is 45.2 Å². The molecule has 0 heterocycles. The molecule has 0 spiro atoms. The van der Waals surface area contributed by atoms with Crippen LogP contribution in [-0.2, 0) is 9.53 Å². The van der Waals surface area contributed by atoms with Crippen molar-refractivity contribution in [3.8, 4) is 11.5 Å². The van der Waals surface area contributed by atoms with Gasteiger partial charge in [-0.1, -0.05) is 52.3 Å². The maximum Gasteiger partial charge on any atom is 0.331 e. The highest BCUT2D eigenvalue weighted by Crippen LogP contribution is 2.76. The van der Waals surface area contributed by atoms with Crippen LogP contribution in [0.3, 0.4) is 0 Å². The topological polar surface area (TPSA) is 87.0 Å². The van der Waals surface area contributed by atoms with Crippen LogP contribution in [0.25, 0.3) is 6.08 Å². The van der Waals surface area contributed by atoms with Gasteiger partial charge < -0.3 is 20.1 Å². The highest BCUT2D eigenvalue weighted by atomic mass is 16.5. The first kappa shape index (κ1) is 33.1. The van der Waals surface area contributed by atoms with Crippen LogP contribution in [0.4, 0.5) is 0 Å². The highest BCUT2D eigenvalue weighted by molar-refractivity contribution is 5.87.